The van der Waals surface area contributed by atoms with Crippen LogP contribution in [0.4, 0.5) is 0 Å². The van der Waals surface area contributed by atoms with Gasteiger partial charge in [0.25, 0.3) is 0 Å². The maximum Gasteiger partial charge on any atom is 0.0638 e. The number of nitriles is 1. The van der Waals surface area contributed by atoms with Crippen molar-refractivity contribution in [1.82, 2.24) is 5.32 Å². The van der Waals surface area contributed by atoms with Crippen molar-refractivity contribution in [3.63, 3.8) is 0 Å². The van der Waals surface area contributed by atoms with Crippen LogP contribution >= 0.6 is 0 Å². The van der Waals surface area contributed by atoms with Crippen LogP contribution < -0.4 is 5.32 Å². The number of fused-ring (bicyclic) bond motifs is 1. The zero-order valence-electron chi connectivity index (χ0n) is 11.1. The van der Waals surface area contributed by atoms with Crippen LogP contribution in [0.25, 0.3) is 0 Å². The van der Waals surface area contributed by atoms with Gasteiger partial charge in [-0.05, 0) is 37.5 Å². The first-order valence-corrected chi connectivity index (χ1v) is 7.46. The molecule has 2 nitrogen and oxygen atoms in total. The minimum absolute atomic E-state index is 0.421. The van der Waals surface area contributed by atoms with E-state index in [1.165, 1.54) is 44.9 Å². The highest BCUT2D eigenvalue weighted by Gasteiger charge is 2.32. The number of rotatable bonds is 4. The van der Waals surface area contributed by atoms with Crippen LogP contribution in [-0.4, -0.2) is 12.1 Å². The van der Waals surface area contributed by atoms with Crippen molar-refractivity contribution in [1.29, 1.82) is 5.26 Å². The summed E-state index contributed by atoms with van der Waals surface area (Å²) in [5, 5.41) is 12.5. The molecule has 2 rings (SSSR count). The molecule has 4 unspecified atom stereocenters. The van der Waals surface area contributed by atoms with E-state index < -0.39 is 0 Å². The quantitative estimate of drug-likeness (QED) is 0.806. The molecule has 96 valence electrons. The molecule has 0 heterocycles. The molecule has 4 atom stereocenters. The van der Waals surface area contributed by atoms with E-state index in [9.17, 15) is 0 Å². The Kier molecular flexibility index (Phi) is 4.86. The van der Waals surface area contributed by atoms with Crippen LogP contribution in [0.1, 0.15) is 64.7 Å². The second kappa shape index (κ2) is 6.40. The molecule has 2 aliphatic carbocycles. The van der Waals surface area contributed by atoms with Crippen LogP contribution in [0, 0.1) is 23.2 Å². The Bertz CT molecular complexity index is 269. The molecule has 2 aliphatic rings. The van der Waals surface area contributed by atoms with Crippen molar-refractivity contribution in [2.24, 2.45) is 11.8 Å². The predicted octanol–water partition coefficient (Wildman–Crippen LogP) is 3.63. The average Bonchev–Trinajstić information content (AvgIpc) is 2.38. The Balaban J connectivity index is 1.81. The van der Waals surface area contributed by atoms with Crippen LogP contribution in [0.2, 0.25) is 0 Å². The molecule has 0 amide bonds. The highest BCUT2D eigenvalue weighted by atomic mass is 14.9. The van der Waals surface area contributed by atoms with Gasteiger partial charge in [0, 0.05) is 12.1 Å². The summed E-state index contributed by atoms with van der Waals surface area (Å²) in [6.45, 7) is 2.18. The highest BCUT2D eigenvalue weighted by Crippen LogP contribution is 2.40. The van der Waals surface area contributed by atoms with E-state index in [1.54, 1.807) is 0 Å². The summed E-state index contributed by atoms with van der Waals surface area (Å²) in [6, 6.07) is 3.41. The molecule has 17 heavy (non-hydrogen) atoms. The molecule has 0 spiro atoms. The summed E-state index contributed by atoms with van der Waals surface area (Å²) >= 11 is 0. The van der Waals surface area contributed by atoms with Crippen LogP contribution in [-0.2, 0) is 0 Å². The zero-order valence-corrected chi connectivity index (χ0v) is 11.1. The molecule has 0 radical (unpaired) electrons. The van der Waals surface area contributed by atoms with Crippen molar-refractivity contribution >= 4 is 0 Å². The molecule has 0 aromatic carbocycles. The molecule has 0 saturated heterocycles. The molecule has 0 aliphatic heterocycles. The molecular formula is C15H26N2. The van der Waals surface area contributed by atoms with Gasteiger partial charge in [0.15, 0.2) is 0 Å². The lowest BCUT2D eigenvalue weighted by atomic mass is 9.69. The van der Waals surface area contributed by atoms with E-state index in [4.69, 9.17) is 5.26 Å². The Morgan fingerprint density at radius 1 is 1.18 bits per heavy atom. The summed E-state index contributed by atoms with van der Waals surface area (Å²) in [6.07, 6.45) is 11.7. The van der Waals surface area contributed by atoms with E-state index in [0.29, 0.717) is 18.5 Å². The topological polar surface area (TPSA) is 35.8 Å². The third kappa shape index (κ3) is 3.45. The number of hydrogen-bond donors (Lipinski definition) is 1. The first-order valence-electron chi connectivity index (χ1n) is 7.46. The molecule has 0 bridgehead atoms. The zero-order chi connectivity index (χ0) is 12.1. The molecule has 1 N–H and O–H groups in total. The largest absolute Gasteiger partial charge is 0.310 e. The van der Waals surface area contributed by atoms with E-state index in [0.717, 1.165) is 18.3 Å². The molecule has 2 heteroatoms. The molecule has 0 aromatic heterocycles. The van der Waals surface area contributed by atoms with Crippen LogP contribution in [0.15, 0.2) is 0 Å². The van der Waals surface area contributed by atoms with E-state index in [2.05, 4.69) is 18.3 Å². The van der Waals surface area contributed by atoms with Gasteiger partial charge in [-0.15, -0.1) is 0 Å². The van der Waals surface area contributed by atoms with Crippen LogP contribution in [0.5, 0.6) is 0 Å². The first kappa shape index (κ1) is 12.9. The van der Waals surface area contributed by atoms with E-state index >= 15 is 0 Å². The smallest absolute Gasteiger partial charge is 0.0638 e. The van der Waals surface area contributed by atoms with E-state index in [1.807, 2.05) is 0 Å². The van der Waals surface area contributed by atoms with Gasteiger partial charge in [-0.3, -0.25) is 0 Å². The van der Waals surface area contributed by atoms with Crippen molar-refractivity contribution in [3.05, 3.63) is 0 Å². The summed E-state index contributed by atoms with van der Waals surface area (Å²) < 4.78 is 0. The molecule has 0 aromatic rings. The third-order valence-corrected chi connectivity index (χ3v) is 4.84. The van der Waals surface area contributed by atoms with Crippen molar-refractivity contribution < 1.29 is 0 Å². The Morgan fingerprint density at radius 3 is 2.65 bits per heavy atom. The second-order valence-corrected chi connectivity index (χ2v) is 5.95. The van der Waals surface area contributed by atoms with E-state index in [-0.39, 0.29) is 0 Å². The third-order valence-electron chi connectivity index (χ3n) is 4.84. The minimum Gasteiger partial charge on any atom is -0.310 e. The predicted molar refractivity (Wildman–Crippen MR) is 70.5 cm³/mol. The molecule has 2 saturated carbocycles. The highest BCUT2D eigenvalue weighted by molar-refractivity contribution is 4.89. The summed E-state index contributed by atoms with van der Waals surface area (Å²) in [5.74, 6) is 2.01. The summed E-state index contributed by atoms with van der Waals surface area (Å²) in [5.41, 5.74) is 0. The average molecular weight is 234 g/mol. The van der Waals surface area contributed by atoms with Crippen molar-refractivity contribution in [2.75, 3.05) is 0 Å². The fourth-order valence-corrected chi connectivity index (χ4v) is 3.79. The standard InChI is InChI=1S/C15H26N2/c1-2-14(9-10-16)17-15-8-7-12-5-3-4-6-13(12)11-15/h12-15,17H,2-9,11H2,1H3. The van der Waals surface area contributed by atoms with Gasteiger partial charge >= 0.3 is 0 Å². The lowest BCUT2D eigenvalue weighted by Crippen LogP contribution is -2.43. The molecular weight excluding hydrogens is 208 g/mol. The fraction of sp³-hybridized carbons (Fsp3) is 0.933. The maximum atomic E-state index is 8.79. The van der Waals surface area contributed by atoms with Gasteiger partial charge < -0.3 is 5.32 Å². The first-order chi connectivity index (χ1) is 8.33. The number of hydrogen-bond acceptors (Lipinski definition) is 2. The van der Waals surface area contributed by atoms with Crippen molar-refractivity contribution in [3.8, 4) is 6.07 Å². The lowest BCUT2D eigenvalue weighted by molar-refractivity contribution is 0.138. The van der Waals surface area contributed by atoms with Gasteiger partial charge in [0.1, 0.15) is 0 Å². The monoisotopic (exact) mass is 234 g/mol. The van der Waals surface area contributed by atoms with Gasteiger partial charge in [-0.2, -0.15) is 5.26 Å². The lowest BCUT2D eigenvalue weighted by Gasteiger charge is -2.40. The summed E-state index contributed by atoms with van der Waals surface area (Å²) in [7, 11) is 0. The Labute approximate surface area is 106 Å². The summed E-state index contributed by atoms with van der Waals surface area (Å²) in [4.78, 5) is 0. The van der Waals surface area contributed by atoms with Gasteiger partial charge in [0.2, 0.25) is 0 Å². The van der Waals surface area contributed by atoms with Gasteiger partial charge in [-0.1, -0.05) is 32.6 Å². The number of nitrogens with one attached hydrogen (secondary N) is 1. The fourth-order valence-electron chi connectivity index (χ4n) is 3.79. The molecule has 2 fully saturated rings. The number of nitrogens with zero attached hydrogens (tertiary/aromatic N) is 1. The van der Waals surface area contributed by atoms with Gasteiger partial charge in [-0.25, -0.2) is 0 Å². The Morgan fingerprint density at radius 2 is 1.94 bits per heavy atom. The van der Waals surface area contributed by atoms with Gasteiger partial charge in [0.05, 0.1) is 12.5 Å². The SMILES string of the molecule is CCC(CC#N)NC1CCC2CCCCC2C1. The second-order valence-electron chi connectivity index (χ2n) is 5.95. The van der Waals surface area contributed by atoms with Crippen molar-refractivity contribution in [2.45, 2.75) is 76.8 Å². The van der Waals surface area contributed by atoms with Crippen LogP contribution in [0.3, 0.4) is 0 Å². The normalized spacial score (nSPS) is 34.7. The maximum absolute atomic E-state index is 8.79. The minimum atomic E-state index is 0.421. The Hall–Kier alpha value is -0.550.